The molecule has 0 bridgehead atoms. The van der Waals surface area contributed by atoms with Crippen LogP contribution in [-0.2, 0) is 0 Å². The zero-order valence-corrected chi connectivity index (χ0v) is 18.8. The number of aryl methyl sites for hydroxylation is 2. The van der Waals surface area contributed by atoms with Gasteiger partial charge in [-0.05, 0) is 54.2 Å². The summed E-state index contributed by atoms with van der Waals surface area (Å²) in [4.78, 5) is 5.10. The van der Waals surface area contributed by atoms with Crippen LogP contribution in [0.15, 0.2) is 91.0 Å². The summed E-state index contributed by atoms with van der Waals surface area (Å²) in [5.74, 6) is 0.434. The van der Waals surface area contributed by atoms with E-state index in [0.29, 0.717) is 5.92 Å². The van der Waals surface area contributed by atoms with Gasteiger partial charge >= 0.3 is 0 Å². The third-order valence-electron chi connectivity index (χ3n) is 5.85. The molecule has 156 valence electrons. The fourth-order valence-electron chi connectivity index (χ4n) is 4.12. The molecule has 4 rings (SSSR count). The number of hydrogen-bond acceptors (Lipinski definition) is 2. The number of aromatic nitrogens is 1. The molecule has 0 aliphatic heterocycles. The largest absolute Gasteiger partial charge is 0.372 e. The minimum absolute atomic E-state index is 0.0385. The molecule has 0 amide bonds. The second-order valence-corrected chi connectivity index (χ2v) is 8.44. The van der Waals surface area contributed by atoms with Crippen molar-refractivity contribution in [1.29, 1.82) is 0 Å². The Morgan fingerprint density at radius 2 is 1.29 bits per heavy atom. The minimum atomic E-state index is -0.0385. The third kappa shape index (κ3) is 4.54. The summed E-state index contributed by atoms with van der Waals surface area (Å²) in [6.07, 6.45) is 0. The monoisotopic (exact) mass is 406 g/mol. The van der Waals surface area contributed by atoms with Gasteiger partial charge in [0.1, 0.15) is 0 Å². The Morgan fingerprint density at radius 3 is 2.03 bits per heavy atom. The van der Waals surface area contributed by atoms with Crippen molar-refractivity contribution in [2.75, 3.05) is 5.32 Å². The molecule has 3 aromatic carbocycles. The topological polar surface area (TPSA) is 24.9 Å². The summed E-state index contributed by atoms with van der Waals surface area (Å²) >= 11 is 0. The van der Waals surface area contributed by atoms with Gasteiger partial charge in [-0.1, -0.05) is 92.7 Å². The summed E-state index contributed by atoms with van der Waals surface area (Å²) < 4.78 is 0. The number of nitrogens with zero attached hydrogens (tertiary/aromatic N) is 1. The summed E-state index contributed by atoms with van der Waals surface area (Å²) in [6, 6.07) is 31.8. The van der Waals surface area contributed by atoms with E-state index in [-0.39, 0.29) is 6.04 Å². The van der Waals surface area contributed by atoms with Crippen molar-refractivity contribution < 1.29 is 0 Å². The van der Waals surface area contributed by atoms with Crippen LogP contribution in [0.4, 0.5) is 5.69 Å². The summed E-state index contributed by atoms with van der Waals surface area (Å²) in [7, 11) is 0. The first-order valence-electron chi connectivity index (χ1n) is 11.0. The molecule has 4 aromatic rings. The molecule has 0 saturated carbocycles. The van der Waals surface area contributed by atoms with Crippen molar-refractivity contribution in [3.8, 4) is 11.3 Å². The van der Waals surface area contributed by atoms with E-state index in [0.717, 1.165) is 17.0 Å². The highest BCUT2D eigenvalue weighted by Crippen LogP contribution is 2.34. The number of benzene rings is 3. The molecule has 2 heteroatoms. The molecule has 0 saturated heterocycles. The van der Waals surface area contributed by atoms with Crippen LogP contribution in [0.25, 0.3) is 11.3 Å². The molecule has 0 spiro atoms. The van der Waals surface area contributed by atoms with Gasteiger partial charge in [0, 0.05) is 11.3 Å². The molecule has 1 unspecified atom stereocenters. The standard InChI is InChI=1S/C29H30N2/c1-20(2)24-17-10-13-22(4)28(24)31-29(25-16-9-8-12-21(25)3)27-19-11-18-26(30-27)23-14-6-5-7-15-23/h5-20,29,31H,1-4H3. The Bertz CT molecular complexity index is 1160. The highest BCUT2D eigenvalue weighted by Gasteiger charge is 2.21. The Hall–Kier alpha value is -3.39. The van der Waals surface area contributed by atoms with Crippen LogP contribution in [0.1, 0.15) is 53.8 Å². The second-order valence-electron chi connectivity index (χ2n) is 8.44. The van der Waals surface area contributed by atoms with Gasteiger partial charge in [0.05, 0.1) is 17.4 Å². The average Bonchev–Trinajstić information content (AvgIpc) is 2.79. The molecular formula is C29H30N2. The molecule has 1 N–H and O–H groups in total. The predicted molar refractivity (Wildman–Crippen MR) is 132 cm³/mol. The van der Waals surface area contributed by atoms with E-state index >= 15 is 0 Å². The Morgan fingerprint density at radius 1 is 0.645 bits per heavy atom. The van der Waals surface area contributed by atoms with Crippen LogP contribution in [0.3, 0.4) is 0 Å². The number of para-hydroxylation sites is 1. The quantitative estimate of drug-likeness (QED) is 0.355. The lowest BCUT2D eigenvalue weighted by molar-refractivity contribution is 0.839. The van der Waals surface area contributed by atoms with Crippen LogP contribution in [0.2, 0.25) is 0 Å². The second kappa shape index (κ2) is 9.18. The molecule has 2 nitrogen and oxygen atoms in total. The lowest BCUT2D eigenvalue weighted by Gasteiger charge is -2.26. The molecule has 0 radical (unpaired) electrons. The normalized spacial score (nSPS) is 12.0. The number of anilines is 1. The maximum atomic E-state index is 5.10. The predicted octanol–water partition coefficient (Wildman–Crippen LogP) is 7.69. The van der Waals surface area contributed by atoms with Crippen LogP contribution in [0, 0.1) is 13.8 Å². The highest BCUT2D eigenvalue weighted by atomic mass is 15.0. The Kier molecular flexibility index (Phi) is 6.18. The van der Waals surface area contributed by atoms with E-state index in [1.807, 2.05) is 6.07 Å². The smallest absolute Gasteiger partial charge is 0.0943 e. The van der Waals surface area contributed by atoms with E-state index in [1.165, 1.54) is 27.9 Å². The number of pyridine rings is 1. The van der Waals surface area contributed by atoms with E-state index in [2.05, 4.69) is 118 Å². The molecule has 0 aliphatic carbocycles. The molecule has 0 aliphatic rings. The fourth-order valence-corrected chi connectivity index (χ4v) is 4.12. The van der Waals surface area contributed by atoms with Crippen molar-refractivity contribution in [2.24, 2.45) is 0 Å². The molecule has 1 aromatic heterocycles. The van der Waals surface area contributed by atoms with Gasteiger partial charge < -0.3 is 5.32 Å². The minimum Gasteiger partial charge on any atom is -0.372 e. The van der Waals surface area contributed by atoms with Gasteiger partial charge in [-0.2, -0.15) is 0 Å². The number of hydrogen-bond donors (Lipinski definition) is 1. The van der Waals surface area contributed by atoms with Crippen LogP contribution < -0.4 is 5.32 Å². The van der Waals surface area contributed by atoms with Gasteiger partial charge in [0.25, 0.3) is 0 Å². The van der Waals surface area contributed by atoms with Crippen LogP contribution >= 0.6 is 0 Å². The lowest BCUT2D eigenvalue weighted by Crippen LogP contribution is -2.17. The van der Waals surface area contributed by atoms with E-state index in [1.54, 1.807) is 0 Å². The molecule has 1 heterocycles. The summed E-state index contributed by atoms with van der Waals surface area (Å²) in [5.41, 5.74) is 9.44. The zero-order chi connectivity index (χ0) is 21.8. The average molecular weight is 407 g/mol. The fraction of sp³-hybridized carbons (Fsp3) is 0.207. The van der Waals surface area contributed by atoms with Gasteiger partial charge in [-0.3, -0.25) is 4.98 Å². The number of nitrogens with one attached hydrogen (secondary N) is 1. The van der Waals surface area contributed by atoms with Crippen molar-refractivity contribution >= 4 is 5.69 Å². The molecular weight excluding hydrogens is 376 g/mol. The van der Waals surface area contributed by atoms with Gasteiger partial charge in [0.15, 0.2) is 0 Å². The van der Waals surface area contributed by atoms with E-state index in [9.17, 15) is 0 Å². The first-order chi connectivity index (χ1) is 15.0. The van der Waals surface area contributed by atoms with Crippen molar-refractivity contribution in [1.82, 2.24) is 4.98 Å². The van der Waals surface area contributed by atoms with Gasteiger partial charge in [-0.15, -0.1) is 0 Å². The highest BCUT2D eigenvalue weighted by molar-refractivity contribution is 5.62. The van der Waals surface area contributed by atoms with Gasteiger partial charge in [0.2, 0.25) is 0 Å². The van der Waals surface area contributed by atoms with E-state index in [4.69, 9.17) is 4.98 Å². The Labute approximate surface area is 186 Å². The van der Waals surface area contributed by atoms with Crippen LogP contribution in [-0.4, -0.2) is 4.98 Å². The Balaban J connectivity index is 1.84. The molecule has 1 atom stereocenters. The van der Waals surface area contributed by atoms with Crippen molar-refractivity contribution in [2.45, 2.75) is 39.7 Å². The maximum absolute atomic E-state index is 5.10. The van der Waals surface area contributed by atoms with Crippen LogP contribution in [0.5, 0.6) is 0 Å². The van der Waals surface area contributed by atoms with Gasteiger partial charge in [-0.25, -0.2) is 0 Å². The number of rotatable bonds is 6. The van der Waals surface area contributed by atoms with Crippen molar-refractivity contribution in [3.05, 3.63) is 119 Å². The maximum Gasteiger partial charge on any atom is 0.0943 e. The first-order valence-corrected chi connectivity index (χ1v) is 11.0. The summed E-state index contributed by atoms with van der Waals surface area (Å²) in [6.45, 7) is 8.84. The lowest BCUT2D eigenvalue weighted by atomic mass is 9.94. The SMILES string of the molecule is Cc1ccccc1C(Nc1c(C)cccc1C(C)C)c1cccc(-c2ccccc2)n1. The molecule has 0 fully saturated rings. The molecule has 31 heavy (non-hydrogen) atoms. The summed E-state index contributed by atoms with van der Waals surface area (Å²) in [5, 5.41) is 3.89. The van der Waals surface area contributed by atoms with E-state index < -0.39 is 0 Å². The van der Waals surface area contributed by atoms with Crippen molar-refractivity contribution in [3.63, 3.8) is 0 Å². The third-order valence-corrected chi connectivity index (χ3v) is 5.85. The first kappa shape index (κ1) is 20.9. The zero-order valence-electron chi connectivity index (χ0n) is 18.8.